The lowest BCUT2D eigenvalue weighted by Gasteiger charge is -2.50. The zero-order valence-corrected chi connectivity index (χ0v) is 12.6. The molecule has 1 aliphatic rings. The highest BCUT2D eigenvalue weighted by Crippen LogP contribution is 2.49. The van der Waals surface area contributed by atoms with Crippen LogP contribution in [-0.4, -0.2) is 11.5 Å². The van der Waals surface area contributed by atoms with E-state index in [4.69, 9.17) is 16.3 Å². The minimum atomic E-state index is 0.146. The molecule has 0 aromatic heterocycles. The van der Waals surface area contributed by atoms with E-state index >= 15 is 0 Å². The van der Waals surface area contributed by atoms with Crippen molar-refractivity contribution in [2.45, 2.75) is 44.8 Å². The Balaban J connectivity index is 1.91. The molecule has 94 valence electrons. The third-order valence-corrected chi connectivity index (χ3v) is 5.14. The highest BCUT2D eigenvalue weighted by Gasteiger charge is 2.50. The first kappa shape index (κ1) is 13.4. The SMILES string of the molecule is CCC1(C)C(Cl)CC1OCc1cccc(Br)c1. The number of halogens is 2. The van der Waals surface area contributed by atoms with Crippen LogP contribution < -0.4 is 0 Å². The molecule has 0 saturated heterocycles. The van der Waals surface area contributed by atoms with Gasteiger partial charge in [-0.15, -0.1) is 11.6 Å². The number of hydrogen-bond acceptors (Lipinski definition) is 1. The molecule has 3 heteroatoms. The molecule has 0 spiro atoms. The summed E-state index contributed by atoms with van der Waals surface area (Å²) >= 11 is 9.74. The van der Waals surface area contributed by atoms with Crippen molar-refractivity contribution < 1.29 is 4.74 Å². The van der Waals surface area contributed by atoms with Crippen LogP contribution >= 0.6 is 27.5 Å². The number of hydrogen-bond donors (Lipinski definition) is 0. The van der Waals surface area contributed by atoms with Gasteiger partial charge < -0.3 is 4.74 Å². The molecule has 3 unspecified atom stereocenters. The summed E-state index contributed by atoms with van der Waals surface area (Å²) in [5, 5.41) is 0.264. The summed E-state index contributed by atoms with van der Waals surface area (Å²) < 4.78 is 7.09. The summed E-state index contributed by atoms with van der Waals surface area (Å²) in [6.07, 6.45) is 2.35. The fourth-order valence-corrected chi connectivity index (χ4v) is 3.20. The van der Waals surface area contributed by atoms with Gasteiger partial charge in [-0.05, 0) is 30.5 Å². The van der Waals surface area contributed by atoms with E-state index in [0.717, 1.165) is 17.3 Å². The first-order chi connectivity index (χ1) is 8.06. The molecule has 3 atom stereocenters. The largest absolute Gasteiger partial charge is 0.373 e. The Morgan fingerprint density at radius 1 is 1.53 bits per heavy atom. The normalized spacial score (nSPS) is 32.2. The lowest BCUT2D eigenvalue weighted by atomic mass is 9.65. The molecule has 1 aromatic rings. The average molecular weight is 318 g/mol. The number of alkyl halides is 1. The first-order valence-corrected chi connectivity index (χ1v) is 7.29. The van der Waals surface area contributed by atoms with Crippen molar-refractivity contribution >= 4 is 27.5 Å². The molecule has 1 saturated carbocycles. The van der Waals surface area contributed by atoms with Crippen LogP contribution in [0.25, 0.3) is 0 Å². The maximum absolute atomic E-state index is 6.27. The van der Waals surface area contributed by atoms with Gasteiger partial charge in [0.2, 0.25) is 0 Å². The highest BCUT2D eigenvalue weighted by molar-refractivity contribution is 9.10. The van der Waals surface area contributed by atoms with E-state index < -0.39 is 0 Å². The van der Waals surface area contributed by atoms with Gasteiger partial charge in [0.25, 0.3) is 0 Å². The van der Waals surface area contributed by atoms with Gasteiger partial charge in [0, 0.05) is 15.3 Å². The minimum absolute atomic E-state index is 0.146. The van der Waals surface area contributed by atoms with Gasteiger partial charge in [0.05, 0.1) is 12.7 Å². The van der Waals surface area contributed by atoms with Crippen LogP contribution in [0.5, 0.6) is 0 Å². The molecule has 1 aromatic carbocycles. The van der Waals surface area contributed by atoms with Crippen LogP contribution in [0.15, 0.2) is 28.7 Å². The van der Waals surface area contributed by atoms with Crippen LogP contribution in [0.2, 0.25) is 0 Å². The van der Waals surface area contributed by atoms with Gasteiger partial charge in [-0.1, -0.05) is 41.9 Å². The molecule has 0 heterocycles. The highest BCUT2D eigenvalue weighted by atomic mass is 79.9. The van der Waals surface area contributed by atoms with Gasteiger partial charge >= 0.3 is 0 Å². The Bertz CT molecular complexity index is 396. The fourth-order valence-electron chi connectivity index (χ4n) is 2.30. The Morgan fingerprint density at radius 3 is 2.88 bits per heavy atom. The van der Waals surface area contributed by atoms with Gasteiger partial charge in [-0.25, -0.2) is 0 Å². The van der Waals surface area contributed by atoms with Crippen molar-refractivity contribution in [2.75, 3.05) is 0 Å². The molecular formula is C14H18BrClO. The van der Waals surface area contributed by atoms with Crippen molar-refractivity contribution in [1.29, 1.82) is 0 Å². The molecule has 1 aliphatic carbocycles. The smallest absolute Gasteiger partial charge is 0.0721 e. The Kier molecular flexibility index (Phi) is 4.17. The van der Waals surface area contributed by atoms with Crippen LogP contribution in [0.4, 0.5) is 0 Å². The lowest BCUT2D eigenvalue weighted by molar-refractivity contribution is -0.108. The van der Waals surface area contributed by atoms with Crippen molar-refractivity contribution in [3.8, 4) is 0 Å². The molecule has 1 nitrogen and oxygen atoms in total. The third-order valence-electron chi connectivity index (χ3n) is 3.97. The van der Waals surface area contributed by atoms with E-state index in [1.807, 2.05) is 12.1 Å². The summed E-state index contributed by atoms with van der Waals surface area (Å²) in [5.41, 5.74) is 1.35. The maximum atomic E-state index is 6.27. The minimum Gasteiger partial charge on any atom is -0.373 e. The molecule has 0 bridgehead atoms. The molecule has 0 aliphatic heterocycles. The molecular weight excluding hydrogens is 300 g/mol. The molecule has 0 radical (unpaired) electrons. The molecule has 0 N–H and O–H groups in total. The van der Waals surface area contributed by atoms with Gasteiger partial charge in [-0.3, -0.25) is 0 Å². The monoisotopic (exact) mass is 316 g/mol. The van der Waals surface area contributed by atoms with E-state index in [2.05, 4.69) is 41.9 Å². The van der Waals surface area contributed by atoms with E-state index in [1.54, 1.807) is 0 Å². The second kappa shape index (κ2) is 5.29. The fraction of sp³-hybridized carbons (Fsp3) is 0.571. The molecule has 0 amide bonds. The quantitative estimate of drug-likeness (QED) is 0.727. The molecule has 1 fully saturated rings. The summed E-state index contributed by atoms with van der Waals surface area (Å²) in [7, 11) is 0. The number of rotatable bonds is 4. The van der Waals surface area contributed by atoms with E-state index in [-0.39, 0.29) is 10.8 Å². The van der Waals surface area contributed by atoms with Crippen molar-refractivity contribution in [1.82, 2.24) is 0 Å². The molecule has 2 rings (SSSR count). The average Bonchev–Trinajstić information content (AvgIpc) is 2.33. The summed E-state index contributed by atoms with van der Waals surface area (Å²) in [5.74, 6) is 0. The standard InChI is InChI=1S/C14H18BrClO/c1-3-14(2)12(16)8-13(14)17-9-10-5-4-6-11(15)7-10/h4-7,12-13H,3,8-9H2,1-2H3. The Morgan fingerprint density at radius 2 is 2.29 bits per heavy atom. The zero-order chi connectivity index (χ0) is 12.5. The lowest BCUT2D eigenvalue weighted by Crippen LogP contribution is -2.53. The first-order valence-electron chi connectivity index (χ1n) is 6.06. The second-order valence-electron chi connectivity index (χ2n) is 4.99. The van der Waals surface area contributed by atoms with Crippen LogP contribution in [0.1, 0.15) is 32.3 Å². The van der Waals surface area contributed by atoms with E-state index in [9.17, 15) is 0 Å². The topological polar surface area (TPSA) is 9.23 Å². The van der Waals surface area contributed by atoms with Crippen LogP contribution in [0.3, 0.4) is 0 Å². The second-order valence-corrected chi connectivity index (χ2v) is 6.43. The van der Waals surface area contributed by atoms with Gasteiger partial charge in [-0.2, -0.15) is 0 Å². The van der Waals surface area contributed by atoms with Gasteiger partial charge in [0.15, 0.2) is 0 Å². The van der Waals surface area contributed by atoms with Gasteiger partial charge in [0.1, 0.15) is 0 Å². The summed E-state index contributed by atoms with van der Waals surface area (Å²) in [6, 6.07) is 8.25. The summed E-state index contributed by atoms with van der Waals surface area (Å²) in [6.45, 7) is 5.08. The van der Waals surface area contributed by atoms with Crippen molar-refractivity contribution in [3.63, 3.8) is 0 Å². The van der Waals surface area contributed by atoms with Crippen molar-refractivity contribution in [3.05, 3.63) is 34.3 Å². The molecule has 17 heavy (non-hydrogen) atoms. The van der Waals surface area contributed by atoms with Crippen molar-refractivity contribution in [2.24, 2.45) is 5.41 Å². The zero-order valence-electron chi connectivity index (χ0n) is 10.2. The van der Waals surface area contributed by atoms with Crippen LogP contribution in [-0.2, 0) is 11.3 Å². The van der Waals surface area contributed by atoms with E-state index in [0.29, 0.717) is 12.7 Å². The third kappa shape index (κ3) is 2.69. The van der Waals surface area contributed by atoms with Crippen LogP contribution in [0, 0.1) is 5.41 Å². The number of ether oxygens (including phenoxy) is 1. The predicted molar refractivity (Wildman–Crippen MR) is 75.4 cm³/mol. The van der Waals surface area contributed by atoms with E-state index in [1.165, 1.54) is 5.56 Å². The Labute approximate surface area is 117 Å². The Hall–Kier alpha value is -0.0500. The summed E-state index contributed by atoms with van der Waals surface area (Å²) in [4.78, 5) is 0. The predicted octanol–water partition coefficient (Wildman–Crippen LogP) is 4.76. The number of benzene rings is 1. The maximum Gasteiger partial charge on any atom is 0.0721 e.